The fraction of sp³-hybridized carbons (Fsp3) is 0.0476. The maximum Gasteiger partial charge on any atom is 0.274 e. The Hall–Kier alpha value is -4.00. The van der Waals surface area contributed by atoms with Crippen LogP contribution in [-0.2, 0) is 6.54 Å². The Labute approximate surface area is 161 Å². The molecule has 1 amide bonds. The van der Waals surface area contributed by atoms with Gasteiger partial charge in [0.25, 0.3) is 5.91 Å². The second kappa shape index (κ2) is 7.71. The van der Waals surface area contributed by atoms with Gasteiger partial charge in [0.2, 0.25) is 0 Å². The molecule has 138 valence electrons. The first-order valence-electron chi connectivity index (χ1n) is 8.74. The molecular formula is C21H18N6O. The Kier molecular flexibility index (Phi) is 4.79. The van der Waals surface area contributed by atoms with Crippen LogP contribution in [0.5, 0.6) is 0 Å². The monoisotopic (exact) mass is 370 g/mol. The van der Waals surface area contributed by atoms with Crippen LogP contribution >= 0.6 is 0 Å². The third kappa shape index (κ3) is 3.88. The van der Waals surface area contributed by atoms with Crippen LogP contribution in [0.1, 0.15) is 16.2 Å². The van der Waals surface area contributed by atoms with Crippen molar-refractivity contribution in [3.05, 3.63) is 84.6 Å². The molecule has 7 heteroatoms. The molecule has 0 aliphatic carbocycles. The Morgan fingerprint density at radius 1 is 0.929 bits per heavy atom. The summed E-state index contributed by atoms with van der Waals surface area (Å²) in [5.41, 5.74) is 8.32. The number of carbonyl (C=O) groups is 1. The van der Waals surface area contributed by atoms with Gasteiger partial charge in [0.1, 0.15) is 11.5 Å². The van der Waals surface area contributed by atoms with Crippen LogP contribution in [0.2, 0.25) is 0 Å². The van der Waals surface area contributed by atoms with E-state index in [1.54, 1.807) is 42.9 Å². The van der Waals surface area contributed by atoms with E-state index in [0.29, 0.717) is 23.7 Å². The predicted octanol–water partition coefficient (Wildman–Crippen LogP) is 3.47. The molecule has 0 saturated carbocycles. The zero-order valence-corrected chi connectivity index (χ0v) is 15.0. The van der Waals surface area contributed by atoms with Gasteiger partial charge < -0.3 is 16.4 Å². The molecule has 0 aliphatic rings. The number of nitrogens with one attached hydrogen (secondary N) is 2. The average molecular weight is 370 g/mol. The van der Waals surface area contributed by atoms with Crippen molar-refractivity contribution in [3.8, 4) is 0 Å². The minimum Gasteiger partial charge on any atom is -0.382 e. The fourth-order valence-electron chi connectivity index (χ4n) is 2.81. The fourth-order valence-corrected chi connectivity index (χ4v) is 2.81. The zero-order valence-electron chi connectivity index (χ0n) is 15.0. The third-order valence-corrected chi connectivity index (χ3v) is 4.24. The van der Waals surface area contributed by atoms with Crippen molar-refractivity contribution in [2.45, 2.75) is 6.54 Å². The highest BCUT2D eigenvalue weighted by molar-refractivity contribution is 6.04. The maximum atomic E-state index is 12.6. The molecule has 0 saturated heterocycles. The van der Waals surface area contributed by atoms with Crippen molar-refractivity contribution in [2.75, 3.05) is 16.4 Å². The first kappa shape index (κ1) is 17.4. The molecule has 0 bridgehead atoms. The smallest absolute Gasteiger partial charge is 0.274 e. The lowest BCUT2D eigenvalue weighted by Crippen LogP contribution is -2.14. The van der Waals surface area contributed by atoms with Gasteiger partial charge in [-0.25, -0.2) is 4.98 Å². The summed E-state index contributed by atoms with van der Waals surface area (Å²) in [5.74, 6) is 0.154. The highest BCUT2D eigenvalue weighted by Crippen LogP contribution is 2.17. The summed E-state index contributed by atoms with van der Waals surface area (Å²) < 4.78 is 0. The molecule has 4 rings (SSSR count). The van der Waals surface area contributed by atoms with E-state index in [9.17, 15) is 4.79 Å². The Morgan fingerprint density at radius 3 is 2.64 bits per heavy atom. The lowest BCUT2D eigenvalue weighted by atomic mass is 10.1. The Morgan fingerprint density at radius 2 is 1.79 bits per heavy atom. The lowest BCUT2D eigenvalue weighted by molar-refractivity contribution is 0.102. The SMILES string of the molecule is Nc1ncccc1NCc1cc(NC(=O)c2cc3ccccc3cn2)ccn1. The van der Waals surface area contributed by atoms with Crippen molar-refractivity contribution in [1.82, 2.24) is 15.0 Å². The van der Waals surface area contributed by atoms with Crippen molar-refractivity contribution < 1.29 is 4.79 Å². The quantitative estimate of drug-likeness (QED) is 0.497. The van der Waals surface area contributed by atoms with Crippen molar-refractivity contribution in [1.29, 1.82) is 0 Å². The minimum absolute atomic E-state index is 0.271. The largest absolute Gasteiger partial charge is 0.382 e. The lowest BCUT2D eigenvalue weighted by Gasteiger charge is -2.10. The number of amides is 1. The summed E-state index contributed by atoms with van der Waals surface area (Å²) in [6.45, 7) is 0.452. The molecular weight excluding hydrogens is 352 g/mol. The maximum absolute atomic E-state index is 12.6. The molecule has 3 heterocycles. The number of nitrogen functional groups attached to an aromatic ring is 1. The van der Waals surface area contributed by atoms with Crippen molar-refractivity contribution >= 4 is 33.9 Å². The Balaban J connectivity index is 1.46. The van der Waals surface area contributed by atoms with E-state index in [1.165, 1.54) is 0 Å². The minimum atomic E-state index is -0.271. The molecule has 4 aromatic rings. The molecule has 0 aliphatic heterocycles. The number of aromatic nitrogens is 3. The number of hydrogen-bond donors (Lipinski definition) is 3. The van der Waals surface area contributed by atoms with Gasteiger partial charge in [-0.2, -0.15) is 0 Å². The average Bonchev–Trinajstić information content (AvgIpc) is 2.73. The molecule has 4 N–H and O–H groups in total. The molecule has 0 unspecified atom stereocenters. The Bertz CT molecular complexity index is 1140. The number of nitrogens with two attached hydrogens (primary N) is 1. The standard InChI is InChI=1S/C21H18N6O/c22-20-18(6-3-8-24-20)26-13-17-11-16(7-9-23-17)27-21(28)19-10-14-4-1-2-5-15(14)12-25-19/h1-12,26H,13H2,(H2,22,24)(H,23,27,28). The number of rotatable bonds is 5. The van der Waals surface area contributed by atoms with E-state index in [2.05, 4.69) is 25.6 Å². The van der Waals surface area contributed by atoms with Crippen LogP contribution in [0, 0.1) is 0 Å². The number of hydrogen-bond acceptors (Lipinski definition) is 6. The van der Waals surface area contributed by atoms with E-state index < -0.39 is 0 Å². The van der Waals surface area contributed by atoms with Crippen molar-refractivity contribution in [2.24, 2.45) is 0 Å². The molecule has 0 radical (unpaired) electrons. The van der Waals surface area contributed by atoms with Crippen LogP contribution in [0.3, 0.4) is 0 Å². The summed E-state index contributed by atoms with van der Waals surface area (Å²) in [5, 5.41) is 8.01. The number of fused-ring (bicyclic) bond motifs is 1. The molecule has 0 fully saturated rings. The molecule has 7 nitrogen and oxygen atoms in total. The van der Waals surface area contributed by atoms with E-state index >= 15 is 0 Å². The van der Waals surface area contributed by atoms with Gasteiger partial charge in [-0.3, -0.25) is 14.8 Å². The second-order valence-electron chi connectivity index (χ2n) is 6.20. The molecule has 1 aromatic carbocycles. The summed E-state index contributed by atoms with van der Waals surface area (Å²) in [4.78, 5) is 25.2. The number of nitrogens with zero attached hydrogens (tertiary/aromatic N) is 3. The summed E-state index contributed by atoms with van der Waals surface area (Å²) >= 11 is 0. The third-order valence-electron chi connectivity index (χ3n) is 4.24. The molecule has 3 aromatic heterocycles. The highest BCUT2D eigenvalue weighted by atomic mass is 16.1. The molecule has 28 heavy (non-hydrogen) atoms. The summed E-state index contributed by atoms with van der Waals surface area (Å²) in [7, 11) is 0. The van der Waals surface area contributed by atoms with Gasteiger partial charge in [-0.05, 0) is 35.7 Å². The van der Waals surface area contributed by atoms with Gasteiger partial charge in [0.05, 0.1) is 17.9 Å². The van der Waals surface area contributed by atoms with E-state index in [-0.39, 0.29) is 5.91 Å². The van der Waals surface area contributed by atoms with E-state index in [0.717, 1.165) is 22.2 Å². The number of benzene rings is 1. The molecule has 0 spiro atoms. The van der Waals surface area contributed by atoms with Crippen LogP contribution in [0.15, 0.2) is 73.2 Å². The second-order valence-corrected chi connectivity index (χ2v) is 6.20. The number of carbonyl (C=O) groups excluding carboxylic acids is 1. The zero-order chi connectivity index (χ0) is 19.3. The van der Waals surface area contributed by atoms with Crippen LogP contribution in [-0.4, -0.2) is 20.9 Å². The van der Waals surface area contributed by atoms with Crippen LogP contribution in [0.25, 0.3) is 10.8 Å². The number of pyridine rings is 3. The van der Waals surface area contributed by atoms with Gasteiger partial charge >= 0.3 is 0 Å². The van der Waals surface area contributed by atoms with Gasteiger partial charge in [-0.1, -0.05) is 24.3 Å². The van der Waals surface area contributed by atoms with Gasteiger partial charge in [0, 0.05) is 29.7 Å². The first-order chi connectivity index (χ1) is 13.7. The topological polar surface area (TPSA) is 106 Å². The predicted molar refractivity (Wildman–Crippen MR) is 110 cm³/mol. The van der Waals surface area contributed by atoms with E-state index in [4.69, 9.17) is 5.73 Å². The number of anilines is 3. The van der Waals surface area contributed by atoms with E-state index in [1.807, 2.05) is 30.3 Å². The molecule has 0 atom stereocenters. The highest BCUT2D eigenvalue weighted by Gasteiger charge is 2.09. The van der Waals surface area contributed by atoms with Crippen LogP contribution in [0.4, 0.5) is 17.2 Å². The van der Waals surface area contributed by atoms with Gasteiger partial charge in [0.15, 0.2) is 0 Å². The first-order valence-corrected chi connectivity index (χ1v) is 8.74. The summed E-state index contributed by atoms with van der Waals surface area (Å²) in [6, 6.07) is 16.8. The summed E-state index contributed by atoms with van der Waals surface area (Å²) in [6.07, 6.45) is 4.98. The van der Waals surface area contributed by atoms with Gasteiger partial charge in [-0.15, -0.1) is 0 Å². The van der Waals surface area contributed by atoms with Crippen molar-refractivity contribution in [3.63, 3.8) is 0 Å². The normalized spacial score (nSPS) is 10.6. The van der Waals surface area contributed by atoms with Crippen LogP contribution < -0.4 is 16.4 Å².